The Morgan fingerprint density at radius 3 is 0.886 bits per heavy atom. The summed E-state index contributed by atoms with van der Waals surface area (Å²) in [4.78, 5) is 20.2. The summed E-state index contributed by atoms with van der Waals surface area (Å²) in [5.74, 6) is 0. The summed E-state index contributed by atoms with van der Waals surface area (Å²) in [6.45, 7) is 0. The Morgan fingerprint density at radius 2 is 0.600 bits per heavy atom. The molecule has 35 heavy (non-hydrogen) atoms. The monoisotopic (exact) mass is 458 g/mol. The second kappa shape index (κ2) is 8.67. The van der Waals surface area contributed by atoms with Crippen LogP contribution in [0.2, 0.25) is 0 Å². The first-order chi connectivity index (χ1) is 17.3. The lowest BCUT2D eigenvalue weighted by Gasteiger charge is -2.15. The van der Waals surface area contributed by atoms with Crippen LogP contribution in [0.4, 0.5) is 0 Å². The van der Waals surface area contributed by atoms with Crippen molar-refractivity contribution in [1.29, 1.82) is 0 Å². The van der Waals surface area contributed by atoms with Crippen molar-refractivity contribution in [2.24, 2.45) is 0 Å². The van der Waals surface area contributed by atoms with E-state index < -0.39 is 0 Å². The molecule has 0 unspecified atom stereocenters. The van der Waals surface area contributed by atoms with E-state index in [2.05, 4.69) is 48.6 Å². The van der Waals surface area contributed by atoms with Gasteiger partial charge in [0.25, 0.3) is 0 Å². The summed E-state index contributed by atoms with van der Waals surface area (Å²) in [5, 5.41) is 0. The van der Waals surface area contributed by atoms with E-state index in [4.69, 9.17) is 19.9 Å². The fourth-order valence-corrected chi connectivity index (χ4v) is 5.85. The molecule has 4 heteroatoms. The Morgan fingerprint density at radius 1 is 0.343 bits per heavy atom. The average Bonchev–Trinajstić information content (AvgIpc) is 3.08. The third-order valence-electron chi connectivity index (χ3n) is 7.84. The van der Waals surface area contributed by atoms with Crippen molar-refractivity contribution in [3.63, 3.8) is 0 Å². The van der Waals surface area contributed by atoms with Crippen LogP contribution in [-0.4, -0.2) is 19.9 Å². The number of hydrogen-bond donors (Lipinski definition) is 0. The minimum Gasteiger partial charge on any atom is -0.249 e. The second-order valence-electron chi connectivity index (χ2n) is 10.3. The Kier molecular flexibility index (Phi) is 5.19. The summed E-state index contributed by atoms with van der Waals surface area (Å²) in [6.07, 6.45) is 21.8. The third-order valence-corrected chi connectivity index (χ3v) is 7.84. The number of hydrogen-bond acceptors (Lipinski definition) is 4. The lowest BCUT2D eigenvalue weighted by molar-refractivity contribution is 0.602. The van der Waals surface area contributed by atoms with Gasteiger partial charge in [-0.2, -0.15) is 0 Å². The summed E-state index contributed by atoms with van der Waals surface area (Å²) in [7, 11) is 0. The Balaban J connectivity index is 1.32. The van der Waals surface area contributed by atoms with Crippen molar-refractivity contribution in [3.8, 4) is 0 Å². The predicted molar refractivity (Wildman–Crippen MR) is 144 cm³/mol. The molecule has 0 spiro atoms. The molecule has 2 aromatic heterocycles. The molecule has 3 aliphatic rings. The van der Waals surface area contributed by atoms with E-state index in [1.165, 1.54) is 90.0 Å². The van der Waals surface area contributed by atoms with E-state index >= 15 is 0 Å². The number of rotatable bonds is 0. The van der Waals surface area contributed by atoms with E-state index in [-0.39, 0.29) is 0 Å². The highest BCUT2D eigenvalue weighted by Crippen LogP contribution is 2.30. The van der Waals surface area contributed by atoms with Crippen LogP contribution in [-0.2, 0) is 25.7 Å². The molecule has 0 N–H and O–H groups in total. The zero-order valence-corrected chi connectivity index (χ0v) is 20.2. The van der Waals surface area contributed by atoms with E-state index in [1.54, 1.807) is 0 Å². The van der Waals surface area contributed by atoms with Gasteiger partial charge in [-0.1, -0.05) is 43.6 Å². The molecule has 0 saturated carbocycles. The van der Waals surface area contributed by atoms with Gasteiger partial charge < -0.3 is 0 Å². The summed E-state index contributed by atoms with van der Waals surface area (Å²) < 4.78 is 0. The van der Waals surface area contributed by atoms with Crippen molar-refractivity contribution >= 4 is 46.4 Å². The molecule has 7 rings (SSSR count). The lowest BCUT2D eigenvalue weighted by atomic mass is 9.96. The van der Waals surface area contributed by atoms with Gasteiger partial charge in [0, 0.05) is 0 Å². The summed E-state index contributed by atoms with van der Waals surface area (Å²) >= 11 is 0. The van der Waals surface area contributed by atoms with Gasteiger partial charge in [0.1, 0.15) is 0 Å². The predicted octanol–water partition coefficient (Wildman–Crippen LogP) is 7.16. The van der Waals surface area contributed by atoms with E-state index in [0.717, 1.165) is 47.8 Å². The highest BCUT2D eigenvalue weighted by atomic mass is 14.8. The van der Waals surface area contributed by atoms with Crippen LogP contribution in [0.25, 0.3) is 46.4 Å². The standard InChI is InChI=1S/C31H30N4/c1-2-5-9-25-24(8-4-1)32-28-16-20-12-14-22-18-30-31(35-27-11-7-3-6-10-26(27)34-30)19-23(22)15-13-21(20)17-29(28)33-25/h12-19H,1-11H2/b14-12-,15-13-,20-12?,21-13?,22-14?,23-15?. The van der Waals surface area contributed by atoms with Gasteiger partial charge in [-0.15, -0.1) is 0 Å². The zero-order chi connectivity index (χ0) is 23.2. The summed E-state index contributed by atoms with van der Waals surface area (Å²) in [5.41, 5.74) is 13.6. The van der Waals surface area contributed by atoms with Crippen LogP contribution < -0.4 is 0 Å². The van der Waals surface area contributed by atoms with Crippen molar-refractivity contribution in [3.05, 3.63) is 69.3 Å². The zero-order valence-electron chi connectivity index (χ0n) is 20.2. The van der Waals surface area contributed by atoms with Crippen LogP contribution in [0.5, 0.6) is 0 Å². The average molecular weight is 459 g/mol. The van der Waals surface area contributed by atoms with Crippen LogP contribution in [0.1, 0.15) is 90.0 Å². The number of fused-ring (bicyclic) bond motifs is 6. The topological polar surface area (TPSA) is 51.6 Å². The maximum Gasteiger partial charge on any atom is 0.0896 e. The Labute approximate surface area is 206 Å². The first kappa shape index (κ1) is 20.9. The van der Waals surface area contributed by atoms with E-state index in [0.29, 0.717) is 0 Å². The van der Waals surface area contributed by atoms with Crippen molar-refractivity contribution in [2.75, 3.05) is 0 Å². The Hall–Kier alpha value is -3.40. The number of nitrogens with zero attached hydrogens (tertiary/aromatic N) is 4. The Bertz CT molecular complexity index is 1420. The number of aromatic nitrogens is 4. The second-order valence-corrected chi connectivity index (χ2v) is 10.3. The molecular weight excluding hydrogens is 428 g/mol. The van der Waals surface area contributed by atoms with Gasteiger partial charge in [-0.3, -0.25) is 0 Å². The molecule has 0 radical (unpaired) electrons. The minimum atomic E-state index is 1.01. The maximum absolute atomic E-state index is 5.07. The molecule has 174 valence electrons. The largest absolute Gasteiger partial charge is 0.249 e. The lowest BCUT2D eigenvalue weighted by Crippen LogP contribution is -2.06. The van der Waals surface area contributed by atoms with Crippen molar-refractivity contribution in [1.82, 2.24) is 19.9 Å². The van der Waals surface area contributed by atoms with Crippen LogP contribution in [0.3, 0.4) is 0 Å². The molecule has 0 saturated heterocycles. The van der Waals surface area contributed by atoms with Gasteiger partial charge in [-0.05, 0) is 97.9 Å². The fourth-order valence-electron chi connectivity index (χ4n) is 5.85. The molecule has 0 fully saturated rings. The molecule has 0 atom stereocenters. The number of benzene rings is 2. The SMILES string of the molecule is C1=C\c2cc3nc4c(nc3cc2/C=C\c2cc3nc5c(nc3cc2/1)CCCCCC5)CCCCC4. The van der Waals surface area contributed by atoms with Crippen LogP contribution in [0, 0.1) is 0 Å². The highest BCUT2D eigenvalue weighted by molar-refractivity contribution is 5.94. The maximum atomic E-state index is 5.07. The normalized spacial score (nSPS) is 19.2. The molecule has 4 nitrogen and oxygen atoms in total. The molecule has 4 aromatic rings. The molecular formula is C31H30N4. The first-order valence-corrected chi connectivity index (χ1v) is 13.3. The van der Waals surface area contributed by atoms with Crippen molar-refractivity contribution < 1.29 is 0 Å². The molecule has 2 heterocycles. The van der Waals surface area contributed by atoms with Crippen LogP contribution >= 0.6 is 0 Å². The highest BCUT2D eigenvalue weighted by Gasteiger charge is 2.16. The first-order valence-electron chi connectivity index (χ1n) is 13.3. The molecule has 0 amide bonds. The molecule has 0 aliphatic heterocycles. The van der Waals surface area contributed by atoms with E-state index in [9.17, 15) is 0 Å². The minimum absolute atomic E-state index is 1.01. The van der Waals surface area contributed by atoms with E-state index in [1.807, 2.05) is 0 Å². The third kappa shape index (κ3) is 3.95. The van der Waals surface area contributed by atoms with Crippen molar-refractivity contribution in [2.45, 2.75) is 70.6 Å². The van der Waals surface area contributed by atoms with Gasteiger partial charge >= 0.3 is 0 Å². The van der Waals surface area contributed by atoms with Gasteiger partial charge in [0.05, 0.1) is 44.8 Å². The smallest absolute Gasteiger partial charge is 0.0896 e. The molecule has 2 aromatic carbocycles. The fraction of sp³-hybridized carbons (Fsp3) is 0.355. The van der Waals surface area contributed by atoms with Gasteiger partial charge in [0.15, 0.2) is 0 Å². The molecule has 0 bridgehead atoms. The molecule has 3 aliphatic carbocycles. The number of aryl methyl sites for hydroxylation is 4. The van der Waals surface area contributed by atoms with Gasteiger partial charge in [0.2, 0.25) is 0 Å². The quantitative estimate of drug-likeness (QED) is 0.231. The summed E-state index contributed by atoms with van der Waals surface area (Å²) in [6, 6.07) is 8.84. The van der Waals surface area contributed by atoms with Gasteiger partial charge in [-0.25, -0.2) is 19.9 Å². The van der Waals surface area contributed by atoms with Crippen LogP contribution in [0.15, 0.2) is 24.3 Å².